The average Bonchev–Trinajstić information content (AvgIpc) is 2.86. The normalized spacial score (nSPS) is 28.9. The van der Waals surface area contributed by atoms with Gasteiger partial charge in [0.2, 0.25) is 0 Å². The van der Waals surface area contributed by atoms with Gasteiger partial charge in [-0.1, -0.05) is 32.9 Å². The quantitative estimate of drug-likeness (QED) is 0.609. The Kier molecular flexibility index (Phi) is 9.00. The highest BCUT2D eigenvalue weighted by molar-refractivity contribution is 4.88. The minimum atomic E-state index is -0.208. The van der Waals surface area contributed by atoms with Crippen molar-refractivity contribution in [2.24, 2.45) is 5.92 Å². The van der Waals surface area contributed by atoms with E-state index in [1.54, 1.807) is 0 Å². The molecule has 2 aliphatic rings. The van der Waals surface area contributed by atoms with Gasteiger partial charge >= 0.3 is 0 Å². The lowest BCUT2D eigenvalue weighted by atomic mass is 10.1. The van der Waals surface area contributed by atoms with Crippen LogP contribution >= 0.6 is 0 Å². The van der Waals surface area contributed by atoms with Crippen LogP contribution in [0.4, 0.5) is 0 Å². The second kappa shape index (κ2) is 9.22. The number of hydrogen-bond donors (Lipinski definition) is 1. The van der Waals surface area contributed by atoms with E-state index >= 15 is 0 Å². The number of hydrogen-bond acceptors (Lipinski definition) is 2. The molecule has 14 heavy (non-hydrogen) atoms. The molecule has 1 fully saturated rings. The zero-order chi connectivity index (χ0) is 10.8. The lowest BCUT2D eigenvalue weighted by molar-refractivity contribution is 0.120. The van der Waals surface area contributed by atoms with Crippen molar-refractivity contribution in [3.63, 3.8) is 0 Å². The highest BCUT2D eigenvalue weighted by atomic mass is 16.5. The van der Waals surface area contributed by atoms with Crippen LogP contribution in [0.25, 0.3) is 0 Å². The molecule has 2 nitrogen and oxygen atoms in total. The molecule has 0 aromatic heterocycles. The fourth-order valence-corrected chi connectivity index (χ4v) is 1.24. The number of ether oxygens (including phenoxy) is 1. The zero-order valence-corrected chi connectivity index (χ0v) is 9.70. The summed E-state index contributed by atoms with van der Waals surface area (Å²) >= 11 is 0. The van der Waals surface area contributed by atoms with Crippen LogP contribution in [0.3, 0.4) is 0 Å². The molecular weight excluding hydrogens is 176 g/mol. The average molecular weight is 200 g/mol. The smallest absolute Gasteiger partial charge is 0.0821 e. The van der Waals surface area contributed by atoms with E-state index in [1.807, 2.05) is 20.8 Å². The molecule has 0 radical (unpaired) electrons. The molecule has 1 N–H and O–H groups in total. The van der Waals surface area contributed by atoms with Gasteiger partial charge in [-0.15, -0.1) is 0 Å². The SMILES string of the molecule is C1=CCCC1.CC.CC1COCC1O. The predicted octanol–water partition coefficient (Wildman–Crippen LogP) is 2.77. The first-order chi connectivity index (χ1) is 6.80. The number of allylic oxidation sites excluding steroid dienone is 2. The molecule has 1 saturated heterocycles. The molecule has 1 heterocycles. The Hall–Kier alpha value is -0.340. The molecule has 0 spiro atoms. The maximum Gasteiger partial charge on any atom is 0.0821 e. The first-order valence-electron chi connectivity index (χ1n) is 5.71. The van der Waals surface area contributed by atoms with Gasteiger partial charge in [0.1, 0.15) is 0 Å². The van der Waals surface area contributed by atoms with Crippen molar-refractivity contribution in [3.8, 4) is 0 Å². The van der Waals surface area contributed by atoms with Crippen LogP contribution in [0.15, 0.2) is 12.2 Å². The molecule has 1 aliphatic carbocycles. The minimum Gasteiger partial charge on any atom is -0.390 e. The maximum absolute atomic E-state index is 8.87. The van der Waals surface area contributed by atoms with Gasteiger partial charge in [0.05, 0.1) is 19.3 Å². The second-order valence-electron chi connectivity index (χ2n) is 3.48. The Labute approximate surface area is 88.0 Å². The lowest BCUT2D eigenvalue weighted by Crippen LogP contribution is -2.13. The highest BCUT2D eigenvalue weighted by Crippen LogP contribution is 2.10. The lowest BCUT2D eigenvalue weighted by Gasteiger charge is -2.00. The summed E-state index contributed by atoms with van der Waals surface area (Å²) in [6, 6.07) is 0. The largest absolute Gasteiger partial charge is 0.390 e. The molecule has 2 atom stereocenters. The van der Waals surface area contributed by atoms with Crippen molar-refractivity contribution < 1.29 is 9.84 Å². The second-order valence-corrected chi connectivity index (χ2v) is 3.48. The van der Waals surface area contributed by atoms with Gasteiger partial charge in [-0.3, -0.25) is 0 Å². The van der Waals surface area contributed by atoms with Gasteiger partial charge in [-0.05, 0) is 19.3 Å². The van der Waals surface area contributed by atoms with Gasteiger partial charge in [0, 0.05) is 5.92 Å². The van der Waals surface area contributed by atoms with Crippen LogP contribution in [0.2, 0.25) is 0 Å². The fraction of sp³-hybridized carbons (Fsp3) is 0.833. The summed E-state index contributed by atoms with van der Waals surface area (Å²) in [7, 11) is 0. The Morgan fingerprint density at radius 3 is 1.86 bits per heavy atom. The first kappa shape index (κ1) is 13.7. The summed E-state index contributed by atoms with van der Waals surface area (Å²) in [6.07, 6.45) is 8.29. The van der Waals surface area contributed by atoms with E-state index in [2.05, 4.69) is 12.2 Å². The van der Waals surface area contributed by atoms with Crippen LogP contribution in [0, 0.1) is 5.92 Å². The van der Waals surface area contributed by atoms with Crippen LogP contribution in [0.5, 0.6) is 0 Å². The molecule has 84 valence electrons. The summed E-state index contributed by atoms with van der Waals surface area (Å²) in [5.41, 5.74) is 0. The summed E-state index contributed by atoms with van der Waals surface area (Å²) in [5.74, 6) is 0.347. The monoisotopic (exact) mass is 200 g/mol. The van der Waals surface area contributed by atoms with E-state index in [9.17, 15) is 0 Å². The number of rotatable bonds is 0. The Morgan fingerprint density at radius 1 is 1.14 bits per heavy atom. The van der Waals surface area contributed by atoms with Crippen molar-refractivity contribution in [3.05, 3.63) is 12.2 Å². The van der Waals surface area contributed by atoms with Crippen LogP contribution in [-0.2, 0) is 4.74 Å². The summed E-state index contributed by atoms with van der Waals surface area (Å²) in [4.78, 5) is 0. The van der Waals surface area contributed by atoms with Gasteiger partial charge in [-0.2, -0.15) is 0 Å². The molecule has 2 heteroatoms. The van der Waals surface area contributed by atoms with Crippen LogP contribution < -0.4 is 0 Å². The van der Waals surface area contributed by atoms with E-state index in [4.69, 9.17) is 9.84 Å². The van der Waals surface area contributed by atoms with E-state index in [-0.39, 0.29) is 6.10 Å². The number of aliphatic hydroxyl groups is 1. The molecule has 1 aliphatic heterocycles. The third kappa shape index (κ3) is 6.17. The molecule has 2 unspecified atom stereocenters. The fourth-order valence-electron chi connectivity index (χ4n) is 1.24. The van der Waals surface area contributed by atoms with E-state index in [0.717, 1.165) is 6.61 Å². The Balaban J connectivity index is 0.000000213. The van der Waals surface area contributed by atoms with Crippen molar-refractivity contribution in [1.82, 2.24) is 0 Å². The van der Waals surface area contributed by atoms with Gasteiger partial charge < -0.3 is 9.84 Å². The Morgan fingerprint density at radius 2 is 1.71 bits per heavy atom. The standard InChI is InChI=1S/C5H10O2.C5H8.C2H6/c1-4-2-7-3-5(4)6;1-2-4-5-3-1;1-2/h4-6H,2-3H2,1H3;1-2H,3-5H2;1-2H3. The van der Waals surface area contributed by atoms with Gasteiger partial charge in [0.25, 0.3) is 0 Å². The molecule has 0 amide bonds. The summed E-state index contributed by atoms with van der Waals surface area (Å²) in [6.45, 7) is 7.24. The third-order valence-corrected chi connectivity index (χ3v) is 2.23. The topological polar surface area (TPSA) is 29.5 Å². The zero-order valence-electron chi connectivity index (χ0n) is 9.70. The van der Waals surface area contributed by atoms with Crippen molar-refractivity contribution in [1.29, 1.82) is 0 Å². The highest BCUT2D eigenvalue weighted by Gasteiger charge is 2.20. The van der Waals surface area contributed by atoms with Crippen LogP contribution in [-0.4, -0.2) is 24.4 Å². The van der Waals surface area contributed by atoms with E-state index in [1.165, 1.54) is 19.3 Å². The maximum atomic E-state index is 8.87. The van der Waals surface area contributed by atoms with Crippen molar-refractivity contribution in [2.75, 3.05) is 13.2 Å². The summed E-state index contributed by atoms with van der Waals surface area (Å²) < 4.78 is 4.92. The predicted molar refractivity (Wildman–Crippen MR) is 60.3 cm³/mol. The minimum absolute atomic E-state index is 0.208. The molecule has 0 aromatic rings. The Bertz CT molecular complexity index is 129. The molecular formula is C12H24O2. The number of aliphatic hydroxyl groups excluding tert-OH is 1. The van der Waals surface area contributed by atoms with Crippen molar-refractivity contribution >= 4 is 0 Å². The third-order valence-electron chi connectivity index (χ3n) is 2.23. The summed E-state index contributed by atoms with van der Waals surface area (Å²) in [5, 5.41) is 8.87. The van der Waals surface area contributed by atoms with E-state index < -0.39 is 0 Å². The molecule has 0 saturated carbocycles. The van der Waals surface area contributed by atoms with Gasteiger partial charge in [0.15, 0.2) is 0 Å². The van der Waals surface area contributed by atoms with Gasteiger partial charge in [-0.25, -0.2) is 0 Å². The molecule has 2 rings (SSSR count). The molecule has 0 aromatic carbocycles. The first-order valence-corrected chi connectivity index (χ1v) is 5.71. The molecule has 0 bridgehead atoms. The van der Waals surface area contributed by atoms with Crippen LogP contribution in [0.1, 0.15) is 40.0 Å². The van der Waals surface area contributed by atoms with E-state index in [0.29, 0.717) is 12.5 Å². The van der Waals surface area contributed by atoms with Crippen molar-refractivity contribution in [2.45, 2.75) is 46.1 Å².